The number of nitrogens with one attached hydrogen (secondary N) is 1. The molecule has 0 spiro atoms. The summed E-state index contributed by atoms with van der Waals surface area (Å²) in [4.78, 5) is 40.4. The lowest BCUT2D eigenvalue weighted by Gasteiger charge is -2.27. The lowest BCUT2D eigenvalue weighted by Crippen LogP contribution is -2.48. The maximum Gasteiger partial charge on any atom is 0.408 e. The van der Waals surface area contributed by atoms with Crippen LogP contribution < -0.4 is 15.0 Å². The molecular formula is C36H44N2O6. The molecule has 0 bridgehead atoms. The Labute approximate surface area is 260 Å². The van der Waals surface area contributed by atoms with Gasteiger partial charge in [0.2, 0.25) is 5.91 Å². The average molecular weight is 601 g/mol. The van der Waals surface area contributed by atoms with E-state index in [4.69, 9.17) is 14.2 Å². The van der Waals surface area contributed by atoms with Crippen molar-refractivity contribution in [1.29, 1.82) is 0 Å². The van der Waals surface area contributed by atoms with Crippen LogP contribution in [0.4, 0.5) is 10.5 Å². The van der Waals surface area contributed by atoms with Gasteiger partial charge in [-0.1, -0.05) is 54.6 Å². The Morgan fingerprint density at radius 2 is 1.41 bits per heavy atom. The molecule has 4 rings (SSSR count). The van der Waals surface area contributed by atoms with Crippen LogP contribution in [0.15, 0.2) is 72.8 Å². The predicted molar refractivity (Wildman–Crippen MR) is 171 cm³/mol. The summed E-state index contributed by atoms with van der Waals surface area (Å²) in [5.74, 6) is -0.259. The molecule has 0 aliphatic carbocycles. The van der Waals surface area contributed by atoms with Crippen LogP contribution >= 0.6 is 0 Å². The molecule has 234 valence electrons. The van der Waals surface area contributed by atoms with Gasteiger partial charge < -0.3 is 24.4 Å². The van der Waals surface area contributed by atoms with E-state index in [1.54, 1.807) is 46.4 Å². The lowest BCUT2D eigenvalue weighted by atomic mass is 10.0. The van der Waals surface area contributed by atoms with Crippen LogP contribution in [0, 0.1) is 0 Å². The number of benzene rings is 3. The molecule has 1 N–H and O–H groups in total. The van der Waals surface area contributed by atoms with E-state index in [2.05, 4.69) is 53.8 Å². The van der Waals surface area contributed by atoms with E-state index in [-0.39, 0.29) is 12.3 Å². The van der Waals surface area contributed by atoms with Crippen LogP contribution in [0.25, 0.3) is 0 Å². The van der Waals surface area contributed by atoms with Crippen molar-refractivity contribution in [3.8, 4) is 5.75 Å². The molecule has 1 aliphatic rings. The van der Waals surface area contributed by atoms with Crippen LogP contribution in [0.3, 0.4) is 0 Å². The van der Waals surface area contributed by atoms with Gasteiger partial charge in [-0.25, -0.2) is 9.59 Å². The molecule has 0 aromatic heterocycles. The molecule has 3 aromatic rings. The smallest absolute Gasteiger partial charge is 0.408 e. The molecule has 0 saturated carbocycles. The van der Waals surface area contributed by atoms with Crippen molar-refractivity contribution in [3.63, 3.8) is 0 Å². The molecule has 8 heteroatoms. The molecule has 1 heterocycles. The number of alkyl carbamates (subject to hydrolysis) is 1. The van der Waals surface area contributed by atoms with E-state index in [0.717, 1.165) is 35.4 Å². The number of hydrogen-bond donors (Lipinski definition) is 1. The van der Waals surface area contributed by atoms with Gasteiger partial charge in [-0.2, -0.15) is 0 Å². The minimum absolute atomic E-state index is 0.257. The number of hydrogen-bond acceptors (Lipinski definition) is 6. The first-order valence-corrected chi connectivity index (χ1v) is 15.2. The topological polar surface area (TPSA) is 94.2 Å². The highest BCUT2D eigenvalue weighted by Crippen LogP contribution is 2.32. The average Bonchev–Trinajstić information content (AvgIpc) is 3.37. The number of nitrogens with zero attached hydrogens (tertiary/aromatic N) is 1. The highest BCUT2D eigenvalue weighted by Gasteiger charge is 2.34. The Kier molecular flexibility index (Phi) is 10.3. The summed E-state index contributed by atoms with van der Waals surface area (Å²) in [5.41, 5.74) is 3.91. The van der Waals surface area contributed by atoms with Crippen LogP contribution in [-0.2, 0) is 44.9 Å². The van der Waals surface area contributed by atoms with Gasteiger partial charge in [0.15, 0.2) is 0 Å². The van der Waals surface area contributed by atoms with E-state index in [1.807, 2.05) is 24.3 Å². The highest BCUT2D eigenvalue weighted by molar-refractivity contribution is 5.98. The summed E-state index contributed by atoms with van der Waals surface area (Å²) in [7, 11) is 0. The first-order valence-electron chi connectivity index (χ1n) is 15.2. The fraction of sp³-hybridized carbons (Fsp3) is 0.417. The number of esters is 1. The van der Waals surface area contributed by atoms with Crippen molar-refractivity contribution in [2.24, 2.45) is 0 Å². The first-order chi connectivity index (χ1) is 20.8. The highest BCUT2D eigenvalue weighted by atomic mass is 16.6. The van der Waals surface area contributed by atoms with Gasteiger partial charge >= 0.3 is 12.1 Å². The molecule has 44 heavy (non-hydrogen) atoms. The first kappa shape index (κ1) is 32.6. The molecule has 0 fully saturated rings. The summed E-state index contributed by atoms with van der Waals surface area (Å²) in [5, 5.41) is 2.53. The minimum atomic E-state index is -1.19. The molecule has 1 aliphatic heterocycles. The second-order valence-corrected chi connectivity index (χ2v) is 13.1. The maximum atomic E-state index is 13.4. The number of anilines is 1. The zero-order valence-electron chi connectivity index (χ0n) is 26.6. The van der Waals surface area contributed by atoms with Crippen molar-refractivity contribution in [2.75, 3.05) is 11.4 Å². The normalized spacial score (nSPS) is 13.5. The van der Waals surface area contributed by atoms with Gasteiger partial charge in [-0.15, -0.1) is 0 Å². The summed E-state index contributed by atoms with van der Waals surface area (Å²) in [6.07, 6.45) is 1.61. The van der Waals surface area contributed by atoms with Crippen molar-refractivity contribution in [3.05, 3.63) is 95.1 Å². The number of aryl methyl sites for hydroxylation is 2. The van der Waals surface area contributed by atoms with E-state index in [0.29, 0.717) is 19.6 Å². The standard InChI is InChI=1S/C36H44N2O6/c1-35(2,3)43-33(40)30(37-34(41)44-36(4,5)6)23-32(39)38-21-20-28-22-29(18-19-31(28)38)42-24-27-16-14-26(15-17-27)13-12-25-10-8-7-9-11-25/h7-11,14-19,22,30H,12-13,20-21,23-24H2,1-6H3,(H,37,41). The number of rotatable bonds is 10. The number of amides is 2. The second-order valence-electron chi connectivity index (χ2n) is 13.1. The molecule has 1 unspecified atom stereocenters. The third-order valence-corrected chi connectivity index (χ3v) is 6.98. The fourth-order valence-electron chi connectivity index (χ4n) is 4.93. The fourth-order valence-corrected chi connectivity index (χ4v) is 4.93. The Hall–Kier alpha value is -4.33. The van der Waals surface area contributed by atoms with Crippen molar-refractivity contribution >= 4 is 23.7 Å². The Bertz CT molecular complexity index is 1440. The largest absolute Gasteiger partial charge is 0.489 e. The van der Waals surface area contributed by atoms with Crippen molar-refractivity contribution in [2.45, 2.75) is 91.1 Å². The Morgan fingerprint density at radius 1 is 0.795 bits per heavy atom. The number of fused-ring (bicyclic) bond motifs is 1. The van der Waals surface area contributed by atoms with Gasteiger partial charge in [0.05, 0.1) is 6.42 Å². The van der Waals surface area contributed by atoms with Crippen LogP contribution in [0.2, 0.25) is 0 Å². The van der Waals surface area contributed by atoms with Gasteiger partial charge in [0.25, 0.3) is 0 Å². The Morgan fingerprint density at radius 3 is 2.05 bits per heavy atom. The summed E-state index contributed by atoms with van der Waals surface area (Å²) < 4.78 is 16.9. The molecule has 0 radical (unpaired) electrons. The van der Waals surface area contributed by atoms with Crippen LogP contribution in [0.1, 0.15) is 70.2 Å². The third-order valence-electron chi connectivity index (χ3n) is 6.98. The van der Waals surface area contributed by atoms with E-state index < -0.39 is 29.3 Å². The molecule has 3 aromatic carbocycles. The zero-order chi connectivity index (χ0) is 31.9. The quantitative estimate of drug-likeness (QED) is 0.265. The Balaban J connectivity index is 1.34. The number of ether oxygens (including phenoxy) is 3. The van der Waals surface area contributed by atoms with E-state index in [9.17, 15) is 14.4 Å². The monoisotopic (exact) mass is 600 g/mol. The lowest BCUT2D eigenvalue weighted by molar-refractivity contribution is -0.158. The summed E-state index contributed by atoms with van der Waals surface area (Å²) in [6, 6.07) is 23.5. The third kappa shape index (κ3) is 9.86. The molecule has 2 amide bonds. The maximum absolute atomic E-state index is 13.4. The van der Waals surface area contributed by atoms with Crippen LogP contribution in [0.5, 0.6) is 5.75 Å². The SMILES string of the molecule is CC(C)(C)OC(=O)NC(CC(=O)N1CCc2cc(OCc3ccc(CCc4ccccc4)cc3)ccc21)C(=O)OC(C)(C)C. The van der Waals surface area contributed by atoms with E-state index in [1.165, 1.54) is 11.1 Å². The van der Waals surface area contributed by atoms with Gasteiger partial charge in [0, 0.05) is 12.2 Å². The van der Waals surface area contributed by atoms with Crippen molar-refractivity contribution < 1.29 is 28.6 Å². The van der Waals surface area contributed by atoms with Gasteiger partial charge in [0.1, 0.15) is 29.6 Å². The zero-order valence-corrected chi connectivity index (χ0v) is 26.6. The summed E-state index contributed by atoms with van der Waals surface area (Å²) >= 11 is 0. The van der Waals surface area contributed by atoms with Gasteiger partial charge in [-0.05, 0) is 101 Å². The second kappa shape index (κ2) is 14.0. The van der Waals surface area contributed by atoms with E-state index >= 15 is 0 Å². The molecular weight excluding hydrogens is 556 g/mol. The number of carbonyl (C=O) groups excluding carboxylic acids is 3. The van der Waals surface area contributed by atoms with Gasteiger partial charge in [-0.3, -0.25) is 4.79 Å². The molecule has 8 nitrogen and oxygen atoms in total. The minimum Gasteiger partial charge on any atom is -0.489 e. The van der Waals surface area contributed by atoms with Crippen molar-refractivity contribution in [1.82, 2.24) is 5.32 Å². The summed E-state index contributed by atoms with van der Waals surface area (Å²) in [6.45, 7) is 11.3. The molecule has 0 saturated heterocycles. The molecule has 1 atom stereocenters. The number of carbonyl (C=O) groups is 3. The van der Waals surface area contributed by atoms with Crippen LogP contribution in [-0.4, -0.2) is 41.8 Å². The predicted octanol–water partition coefficient (Wildman–Crippen LogP) is 6.57.